The highest BCUT2D eigenvalue weighted by molar-refractivity contribution is 9.12. The summed E-state index contributed by atoms with van der Waals surface area (Å²) in [5, 5.41) is 0. The fourth-order valence-corrected chi connectivity index (χ4v) is 1.14. The Labute approximate surface area is 77.4 Å². The molecule has 0 radical (unpaired) electrons. The van der Waals surface area contributed by atoms with Gasteiger partial charge in [-0.2, -0.15) is 0 Å². The van der Waals surface area contributed by atoms with Crippen LogP contribution in [0.15, 0.2) is 15.6 Å². The monoisotopic (exact) mass is 231 g/mol. The Kier molecular flexibility index (Phi) is 2.75. The van der Waals surface area contributed by atoms with Crippen LogP contribution >= 0.6 is 15.9 Å². The largest absolute Gasteiger partial charge is 0.468 e. The summed E-state index contributed by atoms with van der Waals surface area (Å²) < 4.78 is 5.02. The first-order chi connectivity index (χ1) is 5.65. The highest BCUT2D eigenvalue weighted by atomic mass is 79.9. The van der Waals surface area contributed by atoms with Gasteiger partial charge in [-0.05, 0) is 22.0 Å². The number of nitrogens with zero attached hydrogens (tertiary/aromatic N) is 1. The quantitative estimate of drug-likeness (QED) is 0.493. The average molecular weight is 232 g/mol. The van der Waals surface area contributed by atoms with Gasteiger partial charge in [0.2, 0.25) is 0 Å². The van der Waals surface area contributed by atoms with Crippen molar-refractivity contribution in [2.24, 2.45) is 10.9 Å². The molecule has 0 aliphatic carbocycles. The molecule has 0 aromatic rings. The number of dihydropyridines is 1. The standard InChI is InChI=1S/C7H6BrNO3/c1-12-7(11)5-2-4(8)3-9-6(5)10/h2-3,5H,1H3. The number of halogens is 1. The van der Waals surface area contributed by atoms with E-state index in [4.69, 9.17) is 0 Å². The van der Waals surface area contributed by atoms with Crippen molar-refractivity contribution in [3.05, 3.63) is 10.6 Å². The van der Waals surface area contributed by atoms with Crippen molar-refractivity contribution < 1.29 is 14.3 Å². The van der Waals surface area contributed by atoms with Gasteiger partial charge in [-0.25, -0.2) is 4.99 Å². The molecule has 0 aromatic carbocycles. The van der Waals surface area contributed by atoms with Gasteiger partial charge in [-0.15, -0.1) is 0 Å². The highest BCUT2D eigenvalue weighted by Gasteiger charge is 2.26. The Balaban J connectivity index is 2.84. The first kappa shape index (κ1) is 9.12. The van der Waals surface area contributed by atoms with E-state index < -0.39 is 17.8 Å². The molecule has 0 aromatic heterocycles. The second-order valence-corrected chi connectivity index (χ2v) is 3.06. The molecule has 1 atom stereocenters. The minimum absolute atomic E-state index is 0.495. The minimum Gasteiger partial charge on any atom is -0.468 e. The Hall–Kier alpha value is -0.970. The molecule has 0 spiro atoms. The zero-order valence-corrected chi connectivity index (χ0v) is 7.87. The zero-order chi connectivity index (χ0) is 9.14. The van der Waals surface area contributed by atoms with Crippen molar-refractivity contribution in [2.75, 3.05) is 7.11 Å². The number of rotatable bonds is 1. The lowest BCUT2D eigenvalue weighted by molar-refractivity contribution is -0.147. The SMILES string of the molecule is COC(=O)C1C=C(Br)C=NC1=O. The molecule has 1 aliphatic heterocycles. The van der Waals surface area contributed by atoms with E-state index in [1.807, 2.05) is 0 Å². The molecule has 1 unspecified atom stereocenters. The summed E-state index contributed by atoms with van der Waals surface area (Å²) in [5.41, 5.74) is 0. The average Bonchev–Trinajstić information content (AvgIpc) is 2.08. The first-order valence-corrected chi connectivity index (χ1v) is 3.97. The maximum atomic E-state index is 11.0. The lowest BCUT2D eigenvalue weighted by Gasteiger charge is -2.09. The molecular weight excluding hydrogens is 226 g/mol. The van der Waals surface area contributed by atoms with E-state index in [1.54, 1.807) is 0 Å². The molecule has 1 heterocycles. The lowest BCUT2D eigenvalue weighted by atomic mass is 10.1. The predicted molar refractivity (Wildman–Crippen MR) is 46.0 cm³/mol. The van der Waals surface area contributed by atoms with Crippen LogP contribution in [0.2, 0.25) is 0 Å². The lowest BCUT2D eigenvalue weighted by Crippen LogP contribution is -2.24. The van der Waals surface area contributed by atoms with E-state index in [0.717, 1.165) is 0 Å². The van der Waals surface area contributed by atoms with Gasteiger partial charge in [0, 0.05) is 10.7 Å². The molecule has 64 valence electrons. The first-order valence-electron chi connectivity index (χ1n) is 3.18. The van der Waals surface area contributed by atoms with E-state index in [9.17, 15) is 9.59 Å². The predicted octanol–water partition coefficient (Wildman–Crippen LogP) is 0.665. The molecule has 12 heavy (non-hydrogen) atoms. The number of amides is 1. The summed E-state index contributed by atoms with van der Waals surface area (Å²) in [7, 11) is 1.23. The number of hydrogen-bond acceptors (Lipinski definition) is 3. The number of carbonyl (C=O) groups excluding carboxylic acids is 2. The summed E-state index contributed by atoms with van der Waals surface area (Å²) in [6.07, 6.45) is 2.81. The normalized spacial score (nSPS) is 22.0. The molecule has 1 amide bonds. The van der Waals surface area contributed by atoms with Crippen LogP contribution in [0, 0.1) is 5.92 Å². The summed E-state index contributed by atoms with van der Waals surface area (Å²) in [6.45, 7) is 0. The van der Waals surface area contributed by atoms with Crippen molar-refractivity contribution in [2.45, 2.75) is 0 Å². The van der Waals surface area contributed by atoms with Gasteiger partial charge in [-0.1, -0.05) is 0 Å². The molecule has 1 aliphatic rings. The molecule has 0 fully saturated rings. The van der Waals surface area contributed by atoms with E-state index in [0.29, 0.717) is 4.48 Å². The number of hydrogen-bond donors (Lipinski definition) is 0. The van der Waals surface area contributed by atoms with E-state index in [-0.39, 0.29) is 0 Å². The highest BCUT2D eigenvalue weighted by Crippen LogP contribution is 2.15. The van der Waals surface area contributed by atoms with Crippen molar-refractivity contribution >= 4 is 34.0 Å². The third kappa shape index (κ3) is 1.79. The fourth-order valence-electron chi connectivity index (χ4n) is 0.775. The van der Waals surface area contributed by atoms with Crippen LogP contribution in [0.25, 0.3) is 0 Å². The molecule has 0 bridgehead atoms. The molecule has 1 rings (SSSR count). The van der Waals surface area contributed by atoms with Crippen molar-refractivity contribution in [1.82, 2.24) is 0 Å². The Morgan fingerprint density at radius 2 is 2.42 bits per heavy atom. The molecule has 0 saturated carbocycles. The fraction of sp³-hybridized carbons (Fsp3) is 0.286. The van der Waals surface area contributed by atoms with Gasteiger partial charge in [-0.3, -0.25) is 9.59 Å². The number of aliphatic imine (C=N–C) groups is 1. The third-order valence-corrected chi connectivity index (χ3v) is 1.83. The summed E-state index contributed by atoms with van der Waals surface area (Å²) >= 11 is 3.11. The van der Waals surface area contributed by atoms with Crippen LogP contribution in [0.5, 0.6) is 0 Å². The van der Waals surface area contributed by atoms with Crippen molar-refractivity contribution in [1.29, 1.82) is 0 Å². The number of methoxy groups -OCH3 is 1. The molecule has 4 nitrogen and oxygen atoms in total. The smallest absolute Gasteiger partial charge is 0.322 e. The topological polar surface area (TPSA) is 55.7 Å². The van der Waals surface area contributed by atoms with Crippen LogP contribution in [-0.2, 0) is 14.3 Å². The van der Waals surface area contributed by atoms with Gasteiger partial charge >= 0.3 is 5.97 Å². The maximum absolute atomic E-state index is 11.0. The Morgan fingerprint density at radius 1 is 1.75 bits per heavy atom. The van der Waals surface area contributed by atoms with Gasteiger partial charge < -0.3 is 4.74 Å². The van der Waals surface area contributed by atoms with Gasteiger partial charge in [0.05, 0.1) is 7.11 Å². The second-order valence-electron chi connectivity index (χ2n) is 2.15. The number of ether oxygens (including phenoxy) is 1. The minimum atomic E-state index is -0.894. The van der Waals surface area contributed by atoms with Crippen LogP contribution in [0.3, 0.4) is 0 Å². The van der Waals surface area contributed by atoms with Crippen LogP contribution in [0.1, 0.15) is 0 Å². The Bertz CT molecular complexity index is 282. The molecule has 0 N–H and O–H groups in total. The van der Waals surface area contributed by atoms with Crippen molar-refractivity contribution in [3.8, 4) is 0 Å². The van der Waals surface area contributed by atoms with E-state index in [2.05, 4.69) is 25.7 Å². The summed E-state index contributed by atoms with van der Waals surface area (Å²) in [6, 6.07) is 0. The maximum Gasteiger partial charge on any atom is 0.322 e. The van der Waals surface area contributed by atoms with Crippen LogP contribution in [0.4, 0.5) is 0 Å². The zero-order valence-electron chi connectivity index (χ0n) is 6.28. The van der Waals surface area contributed by atoms with Crippen LogP contribution < -0.4 is 0 Å². The van der Waals surface area contributed by atoms with Crippen LogP contribution in [-0.4, -0.2) is 25.2 Å². The van der Waals surface area contributed by atoms with Gasteiger partial charge in [0.15, 0.2) is 5.92 Å². The number of allylic oxidation sites excluding steroid dienone is 1. The van der Waals surface area contributed by atoms with Gasteiger partial charge in [0.1, 0.15) is 0 Å². The summed E-state index contributed by atoms with van der Waals surface area (Å²) in [4.78, 5) is 25.4. The number of esters is 1. The Morgan fingerprint density at radius 3 is 3.00 bits per heavy atom. The molecule has 0 saturated heterocycles. The number of carbonyl (C=O) groups is 2. The molecular formula is C7H6BrNO3. The molecule has 5 heteroatoms. The summed E-state index contributed by atoms with van der Waals surface area (Å²) in [5.74, 6) is -1.98. The van der Waals surface area contributed by atoms with Gasteiger partial charge in [0.25, 0.3) is 5.91 Å². The van der Waals surface area contributed by atoms with Crippen molar-refractivity contribution in [3.63, 3.8) is 0 Å². The second kappa shape index (κ2) is 3.62. The van der Waals surface area contributed by atoms with E-state index >= 15 is 0 Å². The third-order valence-electron chi connectivity index (χ3n) is 1.36. The van der Waals surface area contributed by atoms with E-state index in [1.165, 1.54) is 19.4 Å².